The number of nitrogens with zero attached hydrogens (tertiary/aromatic N) is 3. The van der Waals surface area contributed by atoms with Crippen LogP contribution in [-0.2, 0) is 29.9 Å². The van der Waals surface area contributed by atoms with E-state index in [0.29, 0.717) is 0 Å². The minimum atomic E-state index is -1.40. The van der Waals surface area contributed by atoms with Crippen LogP contribution in [0.1, 0.15) is 6.92 Å². The fraction of sp³-hybridized carbons (Fsp3) is 0.556. The third kappa shape index (κ3) is 2.69. The van der Waals surface area contributed by atoms with E-state index in [9.17, 15) is 18.6 Å². The van der Waals surface area contributed by atoms with E-state index in [1.807, 2.05) is 0 Å². The number of hydrogen-bond donors (Lipinski definition) is 0. The molecular weight excluding hydrogens is 262 g/mol. The van der Waals surface area contributed by atoms with E-state index in [1.165, 1.54) is 0 Å². The molecule has 1 aliphatic rings. The van der Waals surface area contributed by atoms with E-state index in [1.54, 1.807) is 0 Å². The quantitative estimate of drug-likeness (QED) is 0.200. The molecule has 2 atom stereocenters. The zero-order chi connectivity index (χ0) is 13.9. The van der Waals surface area contributed by atoms with Crippen LogP contribution >= 0.6 is 0 Å². The lowest BCUT2D eigenvalue weighted by Gasteiger charge is -2.18. The Hall–Kier alpha value is -1.86. The predicted octanol–water partition coefficient (Wildman–Crippen LogP) is -1.66. The molecule has 1 rings (SSSR count). The van der Waals surface area contributed by atoms with Gasteiger partial charge >= 0.3 is 17.6 Å². The molecule has 0 bridgehead atoms. The minimum absolute atomic E-state index is 0.0605. The number of ketones is 1. The molecule has 1 heterocycles. The standard InChI is InChI=1S/C9H11N3O5S/c1-5(13)7(11-10)8(14)12-4-18(16)3-6(12)9(15)17-2/h6H,3-4H2,1-2H3/t6-,18+/m0/s1. The third-order valence-electron chi connectivity index (χ3n) is 2.37. The second-order valence-electron chi connectivity index (χ2n) is 3.55. The van der Waals surface area contributed by atoms with Crippen molar-refractivity contribution in [3.05, 3.63) is 5.53 Å². The van der Waals surface area contributed by atoms with Gasteiger partial charge in [0.25, 0.3) is 0 Å². The van der Waals surface area contributed by atoms with Crippen LogP contribution in [0.15, 0.2) is 0 Å². The highest BCUT2D eigenvalue weighted by Gasteiger charge is 2.44. The maximum absolute atomic E-state index is 11.9. The van der Waals surface area contributed by atoms with Crippen LogP contribution in [0.3, 0.4) is 0 Å². The summed E-state index contributed by atoms with van der Waals surface area (Å²) in [5.74, 6) is -2.68. The van der Waals surface area contributed by atoms with Crippen LogP contribution in [0.25, 0.3) is 5.53 Å². The topological polar surface area (TPSA) is 117 Å². The summed E-state index contributed by atoms with van der Waals surface area (Å²) < 4.78 is 15.9. The van der Waals surface area contributed by atoms with Gasteiger partial charge in [-0.15, -0.1) is 0 Å². The summed E-state index contributed by atoms with van der Waals surface area (Å²) in [6.45, 7) is 1.05. The molecule has 1 amide bonds. The summed E-state index contributed by atoms with van der Waals surface area (Å²) in [5, 5.41) is 0. The first-order chi connectivity index (χ1) is 8.42. The lowest BCUT2D eigenvalue weighted by Crippen LogP contribution is -2.47. The molecule has 0 aromatic heterocycles. The van der Waals surface area contributed by atoms with E-state index >= 15 is 0 Å². The number of Topliss-reactive ketones (excluding diaryl/α,β-unsaturated/α-hetero) is 1. The monoisotopic (exact) mass is 273 g/mol. The molecule has 0 spiro atoms. The molecule has 1 saturated heterocycles. The van der Waals surface area contributed by atoms with Gasteiger partial charge in [0.1, 0.15) is 6.04 Å². The third-order valence-corrected chi connectivity index (χ3v) is 3.63. The van der Waals surface area contributed by atoms with Crippen LogP contribution in [-0.4, -0.2) is 62.1 Å². The van der Waals surface area contributed by atoms with Gasteiger partial charge in [-0.25, -0.2) is 4.79 Å². The average molecular weight is 273 g/mol. The lowest BCUT2D eigenvalue weighted by molar-refractivity contribution is -0.149. The zero-order valence-electron chi connectivity index (χ0n) is 9.78. The number of amides is 1. The van der Waals surface area contributed by atoms with Gasteiger partial charge < -0.3 is 15.2 Å². The molecule has 0 saturated carbocycles. The number of methoxy groups -OCH3 is 1. The van der Waals surface area contributed by atoms with Crippen LogP contribution in [0.2, 0.25) is 0 Å². The molecule has 0 aromatic carbocycles. The van der Waals surface area contributed by atoms with E-state index in [4.69, 9.17) is 5.53 Å². The molecule has 0 radical (unpaired) electrons. The Kier molecular flexibility index (Phi) is 4.46. The Balaban J connectivity index is 3.03. The second kappa shape index (κ2) is 5.65. The van der Waals surface area contributed by atoms with Crippen molar-refractivity contribution in [2.45, 2.75) is 13.0 Å². The molecule has 0 unspecified atom stereocenters. The summed E-state index contributed by atoms with van der Waals surface area (Å²) in [6.07, 6.45) is 0. The van der Waals surface area contributed by atoms with Crippen LogP contribution < -0.4 is 0 Å². The molecule has 18 heavy (non-hydrogen) atoms. The minimum Gasteiger partial charge on any atom is -0.467 e. The lowest BCUT2D eigenvalue weighted by atomic mass is 10.2. The van der Waals surface area contributed by atoms with Crippen molar-refractivity contribution in [1.29, 1.82) is 0 Å². The molecule has 1 fully saturated rings. The van der Waals surface area contributed by atoms with Crippen LogP contribution in [0.5, 0.6) is 0 Å². The Bertz CT molecular complexity index is 483. The van der Waals surface area contributed by atoms with Crippen LogP contribution in [0.4, 0.5) is 0 Å². The second-order valence-corrected chi connectivity index (χ2v) is 5.03. The van der Waals surface area contributed by atoms with E-state index in [-0.39, 0.29) is 11.6 Å². The highest BCUT2D eigenvalue weighted by Crippen LogP contribution is 2.14. The number of carbonyl (C=O) groups excluding carboxylic acids is 3. The smallest absolute Gasteiger partial charge is 0.421 e. The van der Waals surface area contributed by atoms with Gasteiger partial charge in [0.05, 0.1) is 18.7 Å². The number of carbonyl (C=O) groups is 3. The van der Waals surface area contributed by atoms with Crippen molar-refractivity contribution < 1.29 is 28.1 Å². The van der Waals surface area contributed by atoms with E-state index in [0.717, 1.165) is 18.9 Å². The van der Waals surface area contributed by atoms with Gasteiger partial charge in [0.2, 0.25) is 5.78 Å². The molecule has 0 aliphatic carbocycles. The normalized spacial score (nSPS) is 22.2. The van der Waals surface area contributed by atoms with Gasteiger partial charge in [-0.1, -0.05) is 0 Å². The first kappa shape index (κ1) is 14.2. The van der Waals surface area contributed by atoms with Crippen molar-refractivity contribution >= 4 is 34.2 Å². The maximum Gasteiger partial charge on any atom is 0.421 e. The summed E-state index contributed by atoms with van der Waals surface area (Å²) in [4.78, 5) is 37.9. The largest absolute Gasteiger partial charge is 0.467 e. The van der Waals surface area contributed by atoms with Crippen molar-refractivity contribution in [1.82, 2.24) is 4.90 Å². The van der Waals surface area contributed by atoms with E-state index in [2.05, 4.69) is 9.53 Å². The fourth-order valence-electron chi connectivity index (χ4n) is 1.50. The summed E-state index contributed by atoms with van der Waals surface area (Å²) in [6, 6.07) is -1.03. The Morgan fingerprint density at radius 3 is 2.50 bits per heavy atom. The Morgan fingerprint density at radius 1 is 1.44 bits per heavy atom. The van der Waals surface area contributed by atoms with Crippen molar-refractivity contribution in [2.24, 2.45) is 0 Å². The summed E-state index contributed by atoms with van der Waals surface area (Å²) in [5.41, 5.74) is 7.90. The van der Waals surface area contributed by atoms with Gasteiger partial charge in [0, 0.05) is 17.7 Å². The first-order valence-electron chi connectivity index (χ1n) is 4.89. The summed E-state index contributed by atoms with van der Waals surface area (Å²) >= 11 is 0. The van der Waals surface area contributed by atoms with E-state index < -0.39 is 40.2 Å². The Labute approximate surface area is 105 Å². The number of hydrogen-bond acceptors (Lipinski definition) is 5. The molecule has 98 valence electrons. The van der Waals surface area contributed by atoms with Gasteiger partial charge in [0.15, 0.2) is 0 Å². The predicted molar refractivity (Wildman–Crippen MR) is 59.8 cm³/mol. The van der Waals surface area contributed by atoms with Gasteiger partial charge in [-0.2, -0.15) is 4.79 Å². The van der Waals surface area contributed by atoms with Crippen LogP contribution in [0, 0.1) is 0 Å². The number of rotatable bonds is 3. The SMILES string of the molecule is COC(=O)[C@@H]1C[S@@](=O)CN1C(=O)C(=[N+]=[N-])C(C)=O. The zero-order valence-corrected chi connectivity index (χ0v) is 10.6. The first-order valence-corrected chi connectivity index (χ1v) is 6.38. The van der Waals surface area contributed by atoms with Gasteiger partial charge in [-0.05, 0) is 0 Å². The number of ether oxygens (including phenoxy) is 1. The molecule has 0 N–H and O–H groups in total. The molecule has 8 nitrogen and oxygen atoms in total. The highest BCUT2D eigenvalue weighted by molar-refractivity contribution is 7.85. The molecule has 9 heteroatoms. The van der Waals surface area contributed by atoms with Gasteiger partial charge in [-0.3, -0.25) is 13.8 Å². The maximum atomic E-state index is 11.9. The molecular formula is C9H11N3O5S. The fourth-order valence-corrected chi connectivity index (χ4v) is 2.88. The highest BCUT2D eigenvalue weighted by atomic mass is 32.2. The van der Waals surface area contributed by atoms with Crippen molar-refractivity contribution in [3.63, 3.8) is 0 Å². The average Bonchev–Trinajstić information content (AvgIpc) is 2.70. The Morgan fingerprint density at radius 2 is 2.06 bits per heavy atom. The molecule has 1 aliphatic heterocycles. The number of esters is 1. The van der Waals surface area contributed by atoms with Crippen molar-refractivity contribution in [3.8, 4) is 0 Å². The molecule has 0 aromatic rings. The summed E-state index contributed by atoms with van der Waals surface area (Å²) in [7, 11) is -0.264. The van der Waals surface area contributed by atoms with Crippen molar-refractivity contribution in [2.75, 3.05) is 18.7 Å².